The largest absolute Gasteiger partial charge is 0.463 e. The zero-order chi connectivity index (χ0) is 19.9. The van der Waals surface area contributed by atoms with Crippen LogP contribution in [0.2, 0.25) is 0 Å². The number of aromatic nitrogens is 1. The number of thiol groups is 1. The Labute approximate surface area is 171 Å². The van der Waals surface area contributed by atoms with Crippen molar-refractivity contribution in [2.75, 3.05) is 17.6 Å². The van der Waals surface area contributed by atoms with E-state index in [-0.39, 0.29) is 18.0 Å². The molecule has 1 aromatic heterocycles. The van der Waals surface area contributed by atoms with Crippen LogP contribution in [0.1, 0.15) is 26.2 Å². The molecule has 0 bridgehead atoms. The molecule has 0 radical (unpaired) electrons. The second-order valence-corrected chi connectivity index (χ2v) is 7.50. The van der Waals surface area contributed by atoms with Crippen LogP contribution in [0.5, 0.6) is 5.88 Å². The Morgan fingerprint density at radius 1 is 1.29 bits per heavy atom. The Hall–Kier alpha value is -2.25. The lowest BCUT2D eigenvalue weighted by Crippen LogP contribution is -2.45. The minimum absolute atomic E-state index is 0.0932. The molecule has 1 aromatic carbocycles. The highest BCUT2D eigenvalue weighted by Gasteiger charge is 2.24. The highest BCUT2D eigenvalue weighted by molar-refractivity contribution is 7.80. The van der Waals surface area contributed by atoms with Gasteiger partial charge < -0.3 is 21.1 Å². The quantitative estimate of drug-likeness (QED) is 0.486. The number of pyridine rings is 1. The number of carbonyl (C=O) groups excluding carboxylic acids is 1. The molecule has 28 heavy (non-hydrogen) atoms. The minimum atomic E-state index is -0.641. The molecule has 1 aliphatic carbocycles. The van der Waals surface area contributed by atoms with Crippen molar-refractivity contribution in [3.8, 4) is 17.1 Å². The molecule has 0 spiro atoms. The summed E-state index contributed by atoms with van der Waals surface area (Å²) in [5, 5.41) is 6.28. The molecular weight excluding hydrogens is 372 g/mol. The fourth-order valence-corrected chi connectivity index (χ4v) is 2.96. The van der Waals surface area contributed by atoms with Gasteiger partial charge in [0.25, 0.3) is 5.91 Å². The number of hydrogen-bond acceptors (Lipinski definition) is 6. The van der Waals surface area contributed by atoms with Crippen LogP contribution < -0.4 is 21.1 Å². The van der Waals surface area contributed by atoms with Crippen LogP contribution in [-0.2, 0) is 4.79 Å². The molecule has 4 N–H and O–H groups in total. The molecule has 2 aromatic rings. The van der Waals surface area contributed by atoms with Gasteiger partial charge in [-0.05, 0) is 38.3 Å². The normalized spacial score (nSPS) is 16.0. The van der Waals surface area contributed by atoms with Crippen molar-refractivity contribution >= 4 is 24.2 Å². The minimum Gasteiger partial charge on any atom is -0.463 e. The molecule has 0 aliphatic heterocycles. The highest BCUT2D eigenvalue weighted by Crippen LogP contribution is 2.28. The summed E-state index contributed by atoms with van der Waals surface area (Å²) in [6.07, 6.45) is 2.60. The SMILES string of the molecule is CC(Oc1nc(-c2ccccc2)ccc1NCC(N)CS)C(=O)NC1CCC1. The van der Waals surface area contributed by atoms with Crippen molar-refractivity contribution in [1.29, 1.82) is 0 Å². The number of carbonyl (C=O) groups is 1. The van der Waals surface area contributed by atoms with Gasteiger partial charge in [-0.1, -0.05) is 30.3 Å². The van der Waals surface area contributed by atoms with Gasteiger partial charge in [0.05, 0.1) is 11.4 Å². The summed E-state index contributed by atoms with van der Waals surface area (Å²) < 4.78 is 5.96. The van der Waals surface area contributed by atoms with Crippen LogP contribution in [0.3, 0.4) is 0 Å². The molecule has 150 valence electrons. The molecule has 1 aliphatic rings. The summed E-state index contributed by atoms with van der Waals surface area (Å²) in [7, 11) is 0. The van der Waals surface area contributed by atoms with E-state index in [4.69, 9.17) is 10.5 Å². The molecule has 2 unspecified atom stereocenters. The first-order valence-electron chi connectivity index (χ1n) is 9.70. The first-order chi connectivity index (χ1) is 13.6. The van der Waals surface area contributed by atoms with Gasteiger partial charge in [0.2, 0.25) is 5.88 Å². The van der Waals surface area contributed by atoms with E-state index >= 15 is 0 Å². The van der Waals surface area contributed by atoms with Crippen LogP contribution in [0.4, 0.5) is 5.69 Å². The summed E-state index contributed by atoms with van der Waals surface area (Å²) in [5.41, 5.74) is 8.43. The summed E-state index contributed by atoms with van der Waals surface area (Å²) in [6, 6.07) is 13.9. The Balaban J connectivity index is 1.78. The first kappa shape index (κ1) is 20.5. The number of hydrogen-bond donors (Lipinski definition) is 4. The molecule has 1 saturated carbocycles. The maximum Gasteiger partial charge on any atom is 0.261 e. The van der Waals surface area contributed by atoms with Crippen LogP contribution in [0.25, 0.3) is 11.3 Å². The van der Waals surface area contributed by atoms with E-state index in [1.165, 1.54) is 6.42 Å². The third-order valence-electron chi connectivity index (χ3n) is 4.83. The Morgan fingerprint density at radius 2 is 2.04 bits per heavy atom. The van der Waals surface area contributed by atoms with Gasteiger partial charge in [0.1, 0.15) is 0 Å². The summed E-state index contributed by atoms with van der Waals surface area (Å²) in [4.78, 5) is 17.1. The number of anilines is 1. The summed E-state index contributed by atoms with van der Waals surface area (Å²) in [6.45, 7) is 2.28. The van der Waals surface area contributed by atoms with Crippen molar-refractivity contribution in [1.82, 2.24) is 10.3 Å². The van der Waals surface area contributed by atoms with E-state index in [0.717, 1.165) is 24.1 Å². The second-order valence-electron chi connectivity index (χ2n) is 7.14. The van der Waals surface area contributed by atoms with Crippen molar-refractivity contribution in [2.45, 2.75) is 44.4 Å². The molecule has 6 nitrogen and oxygen atoms in total. The van der Waals surface area contributed by atoms with E-state index in [0.29, 0.717) is 23.9 Å². The van der Waals surface area contributed by atoms with Gasteiger partial charge >= 0.3 is 0 Å². The maximum atomic E-state index is 12.4. The number of nitrogens with zero attached hydrogens (tertiary/aromatic N) is 1. The molecule has 3 rings (SSSR count). The third kappa shape index (κ3) is 5.39. The van der Waals surface area contributed by atoms with Gasteiger partial charge in [-0.25, -0.2) is 4.98 Å². The monoisotopic (exact) mass is 400 g/mol. The smallest absolute Gasteiger partial charge is 0.261 e. The molecule has 1 heterocycles. The highest BCUT2D eigenvalue weighted by atomic mass is 32.1. The average Bonchev–Trinajstić information content (AvgIpc) is 2.69. The zero-order valence-corrected chi connectivity index (χ0v) is 17.0. The Kier molecular flexibility index (Phi) is 7.17. The number of rotatable bonds is 9. The lowest BCUT2D eigenvalue weighted by molar-refractivity contribution is -0.128. The fraction of sp³-hybridized carbons (Fsp3) is 0.429. The molecular formula is C21H28N4O2S. The van der Waals surface area contributed by atoms with Crippen LogP contribution in [-0.4, -0.2) is 41.4 Å². The van der Waals surface area contributed by atoms with Gasteiger partial charge in [-0.2, -0.15) is 12.6 Å². The molecule has 0 saturated heterocycles. The standard InChI is InChI=1S/C21H28N4O2S/c1-14(20(26)24-17-8-5-9-17)27-21-19(23-12-16(22)13-28)11-10-18(25-21)15-6-3-2-4-7-15/h2-4,6-7,10-11,14,16-17,23,28H,5,8-9,12-13,22H2,1H3,(H,24,26). The number of amides is 1. The summed E-state index contributed by atoms with van der Waals surface area (Å²) in [5.74, 6) is 0.845. The van der Waals surface area contributed by atoms with Crippen LogP contribution >= 0.6 is 12.6 Å². The molecule has 7 heteroatoms. The van der Waals surface area contributed by atoms with Gasteiger partial charge in [-0.3, -0.25) is 4.79 Å². The number of benzene rings is 1. The van der Waals surface area contributed by atoms with Crippen LogP contribution in [0, 0.1) is 0 Å². The van der Waals surface area contributed by atoms with Crippen molar-refractivity contribution in [2.24, 2.45) is 5.73 Å². The Morgan fingerprint density at radius 3 is 2.68 bits per heavy atom. The van der Waals surface area contributed by atoms with Crippen molar-refractivity contribution in [3.63, 3.8) is 0 Å². The van der Waals surface area contributed by atoms with E-state index < -0.39 is 6.10 Å². The first-order valence-corrected chi connectivity index (χ1v) is 10.3. The maximum absolute atomic E-state index is 12.4. The van der Waals surface area contributed by atoms with Crippen molar-refractivity contribution < 1.29 is 9.53 Å². The van der Waals surface area contributed by atoms with Gasteiger partial charge in [0.15, 0.2) is 6.10 Å². The molecule has 1 fully saturated rings. The lowest BCUT2D eigenvalue weighted by Gasteiger charge is -2.28. The van der Waals surface area contributed by atoms with E-state index in [9.17, 15) is 4.79 Å². The van der Waals surface area contributed by atoms with E-state index in [1.54, 1.807) is 6.92 Å². The number of ether oxygens (including phenoxy) is 1. The fourth-order valence-electron chi connectivity index (χ4n) is 2.83. The second kappa shape index (κ2) is 9.80. The predicted octanol–water partition coefficient (Wildman–Crippen LogP) is 2.85. The zero-order valence-electron chi connectivity index (χ0n) is 16.1. The van der Waals surface area contributed by atoms with E-state index in [1.807, 2.05) is 42.5 Å². The number of nitrogens with one attached hydrogen (secondary N) is 2. The predicted molar refractivity (Wildman–Crippen MR) is 116 cm³/mol. The van der Waals surface area contributed by atoms with E-state index in [2.05, 4.69) is 28.2 Å². The molecule has 1 amide bonds. The van der Waals surface area contributed by atoms with Crippen LogP contribution in [0.15, 0.2) is 42.5 Å². The Bertz CT molecular complexity index is 783. The third-order valence-corrected chi connectivity index (χ3v) is 5.30. The average molecular weight is 401 g/mol. The molecule has 2 atom stereocenters. The van der Waals surface area contributed by atoms with Gasteiger partial charge in [-0.15, -0.1) is 0 Å². The summed E-state index contributed by atoms with van der Waals surface area (Å²) >= 11 is 4.22. The topological polar surface area (TPSA) is 89.3 Å². The number of nitrogens with two attached hydrogens (primary N) is 1. The van der Waals surface area contributed by atoms with Gasteiger partial charge in [0, 0.05) is 29.9 Å². The van der Waals surface area contributed by atoms with Crippen molar-refractivity contribution in [3.05, 3.63) is 42.5 Å². The lowest BCUT2D eigenvalue weighted by atomic mass is 9.93.